The molecule has 1 unspecified atom stereocenters. The molecule has 0 saturated heterocycles. The highest BCUT2D eigenvalue weighted by Gasteiger charge is 2.35. The number of benzene rings is 2. The molecule has 0 aliphatic carbocycles. The minimum absolute atomic E-state index is 0.179. The number of ketones is 1. The van der Waals surface area contributed by atoms with Crippen LogP contribution < -0.4 is 15.5 Å². The van der Waals surface area contributed by atoms with Gasteiger partial charge in [0.15, 0.2) is 0 Å². The predicted octanol–water partition coefficient (Wildman–Crippen LogP) is 1.42. The van der Waals surface area contributed by atoms with Crippen molar-refractivity contribution in [2.45, 2.75) is 18.6 Å². The van der Waals surface area contributed by atoms with Crippen molar-refractivity contribution >= 4 is 58.5 Å². The van der Waals surface area contributed by atoms with E-state index in [1.807, 2.05) is 0 Å². The molecule has 12 heteroatoms. The average molecular weight is 547 g/mol. The highest BCUT2D eigenvalue weighted by molar-refractivity contribution is 7.13. The third-order valence-corrected chi connectivity index (χ3v) is 6.55. The van der Waals surface area contributed by atoms with Gasteiger partial charge < -0.3 is 20.5 Å². The number of carboxylic acids is 1. The molecule has 0 spiro atoms. The molecule has 1 aromatic heterocycles. The summed E-state index contributed by atoms with van der Waals surface area (Å²) < 4.78 is 0. The number of nitrogens with zero attached hydrogens (tertiary/aromatic N) is 2. The molecule has 3 aromatic rings. The first-order valence-electron chi connectivity index (χ1n) is 11.7. The second-order valence-corrected chi connectivity index (χ2v) is 9.32. The molecular weight excluding hydrogens is 524 g/mol. The van der Waals surface area contributed by atoms with Gasteiger partial charge in [0.05, 0.1) is 28.7 Å². The number of rotatable bonds is 10. The van der Waals surface area contributed by atoms with Crippen molar-refractivity contribution < 1.29 is 33.9 Å². The molecule has 198 valence electrons. The van der Waals surface area contributed by atoms with Gasteiger partial charge in [-0.15, -0.1) is 11.3 Å². The van der Waals surface area contributed by atoms with Crippen LogP contribution in [0.5, 0.6) is 0 Å². The van der Waals surface area contributed by atoms with E-state index in [0.29, 0.717) is 28.8 Å². The highest BCUT2D eigenvalue weighted by Crippen LogP contribution is 2.28. The number of anilines is 1. The lowest BCUT2D eigenvalue weighted by atomic mass is 10.0. The van der Waals surface area contributed by atoms with Gasteiger partial charge in [-0.3, -0.25) is 28.9 Å². The Kier molecular flexibility index (Phi) is 8.37. The fourth-order valence-corrected chi connectivity index (χ4v) is 4.60. The van der Waals surface area contributed by atoms with Crippen molar-refractivity contribution in [1.29, 1.82) is 0 Å². The van der Waals surface area contributed by atoms with Gasteiger partial charge >= 0.3 is 5.97 Å². The summed E-state index contributed by atoms with van der Waals surface area (Å²) in [6.45, 7) is -0.608. The van der Waals surface area contributed by atoms with Crippen molar-refractivity contribution in [1.82, 2.24) is 10.6 Å². The monoisotopic (exact) mass is 546 g/mol. The number of aldehydes is 1. The molecule has 2 aromatic carbocycles. The van der Waals surface area contributed by atoms with Crippen molar-refractivity contribution in [3.63, 3.8) is 0 Å². The average Bonchev–Trinajstić information content (AvgIpc) is 3.45. The molecule has 0 bridgehead atoms. The zero-order valence-electron chi connectivity index (χ0n) is 20.3. The summed E-state index contributed by atoms with van der Waals surface area (Å²) in [7, 11) is 0. The Labute approximate surface area is 226 Å². The van der Waals surface area contributed by atoms with Crippen LogP contribution in [0.15, 0.2) is 77.1 Å². The van der Waals surface area contributed by atoms with Gasteiger partial charge in [-0.05, 0) is 17.5 Å². The molecule has 0 saturated carbocycles. The minimum atomic E-state index is -1.57. The molecule has 2 heterocycles. The van der Waals surface area contributed by atoms with Gasteiger partial charge in [0.1, 0.15) is 12.8 Å². The molecule has 0 radical (unpaired) electrons. The summed E-state index contributed by atoms with van der Waals surface area (Å²) in [5.74, 6) is -4.80. The molecule has 11 nitrogen and oxygen atoms in total. The zero-order valence-corrected chi connectivity index (χ0v) is 21.1. The van der Waals surface area contributed by atoms with Crippen LogP contribution in [-0.2, 0) is 24.0 Å². The summed E-state index contributed by atoms with van der Waals surface area (Å²) in [5.41, 5.74) is 1.73. The lowest BCUT2D eigenvalue weighted by Crippen LogP contribution is -2.52. The number of carbonyl (C=O) groups is 6. The number of aliphatic carboxylic acids is 1. The Morgan fingerprint density at radius 1 is 1.03 bits per heavy atom. The zero-order chi connectivity index (χ0) is 27.9. The van der Waals surface area contributed by atoms with Crippen LogP contribution in [0.2, 0.25) is 0 Å². The Morgan fingerprint density at radius 2 is 1.74 bits per heavy atom. The standard InChI is InChI=1S/C27H22N4O7S/c32-15-17(13-22(34)35)28-21(33)14-31-19-10-5-4-9-18(19)23(16-7-2-1-3-8-16)29-25(27(31)38)30-26(37)24(36)20-11-6-12-39-20/h1-12,15,17,25H,13-14H2,(H,28,33)(H,30,37)(H,34,35)/t17-,25?/m0/s1. The number of carboxylic acid groups (broad SMARTS) is 1. The van der Waals surface area contributed by atoms with Gasteiger partial charge in [0, 0.05) is 11.1 Å². The first kappa shape index (κ1) is 27.1. The van der Waals surface area contributed by atoms with Crippen LogP contribution in [0.3, 0.4) is 0 Å². The van der Waals surface area contributed by atoms with E-state index in [1.54, 1.807) is 66.0 Å². The number of hydrogen-bond acceptors (Lipinski definition) is 8. The summed E-state index contributed by atoms with van der Waals surface area (Å²) in [4.78, 5) is 80.1. The Balaban J connectivity index is 1.72. The maximum absolute atomic E-state index is 13.8. The Hall–Kier alpha value is -4.97. The second-order valence-electron chi connectivity index (χ2n) is 8.38. The van der Waals surface area contributed by atoms with E-state index in [1.165, 1.54) is 6.07 Å². The maximum atomic E-state index is 13.8. The van der Waals surface area contributed by atoms with Crippen molar-refractivity contribution in [2.75, 3.05) is 11.4 Å². The minimum Gasteiger partial charge on any atom is -0.481 e. The molecule has 1 aliphatic heterocycles. The fourth-order valence-electron chi connectivity index (χ4n) is 3.94. The van der Waals surface area contributed by atoms with Gasteiger partial charge in [-0.2, -0.15) is 0 Å². The van der Waals surface area contributed by atoms with Crippen LogP contribution in [0.1, 0.15) is 27.2 Å². The van der Waals surface area contributed by atoms with E-state index >= 15 is 0 Å². The van der Waals surface area contributed by atoms with Gasteiger partial charge in [-0.1, -0.05) is 54.6 Å². The van der Waals surface area contributed by atoms with Crippen LogP contribution >= 0.6 is 11.3 Å². The number of nitrogens with one attached hydrogen (secondary N) is 2. The SMILES string of the molecule is O=C[C@H](CC(=O)O)NC(=O)CN1C(=O)C(NC(=O)C(=O)c2cccs2)N=C(c2ccccc2)c2ccccc21. The van der Waals surface area contributed by atoms with Crippen LogP contribution in [0.4, 0.5) is 5.69 Å². The third-order valence-electron chi connectivity index (χ3n) is 5.68. The van der Waals surface area contributed by atoms with Crippen molar-refractivity contribution in [3.05, 3.63) is 88.1 Å². The Morgan fingerprint density at radius 3 is 2.41 bits per heavy atom. The van der Waals surface area contributed by atoms with E-state index < -0.39 is 54.6 Å². The number of para-hydroxylation sites is 1. The molecule has 3 N–H and O–H groups in total. The molecule has 2 atom stereocenters. The molecule has 1 aliphatic rings. The largest absolute Gasteiger partial charge is 0.481 e. The molecule has 0 fully saturated rings. The summed E-state index contributed by atoms with van der Waals surface area (Å²) in [5, 5.41) is 15.3. The van der Waals surface area contributed by atoms with Gasteiger partial charge in [0.25, 0.3) is 17.6 Å². The summed E-state index contributed by atoms with van der Waals surface area (Å²) >= 11 is 1.07. The fraction of sp³-hybridized carbons (Fsp3) is 0.148. The Bertz CT molecular complexity index is 1450. The normalized spacial score (nSPS) is 15.3. The number of Topliss-reactive ketones (excluding diaryl/α,β-unsaturated/α-hetero) is 1. The number of fused-ring (bicyclic) bond motifs is 1. The van der Waals surface area contributed by atoms with E-state index in [2.05, 4.69) is 15.6 Å². The lowest BCUT2D eigenvalue weighted by molar-refractivity contribution is -0.138. The summed E-state index contributed by atoms with van der Waals surface area (Å²) in [6, 6.07) is 17.3. The lowest BCUT2D eigenvalue weighted by Gasteiger charge is -2.25. The highest BCUT2D eigenvalue weighted by atomic mass is 32.1. The van der Waals surface area contributed by atoms with Crippen molar-refractivity contribution in [3.8, 4) is 0 Å². The number of amides is 3. The van der Waals surface area contributed by atoms with Crippen molar-refractivity contribution in [2.24, 2.45) is 4.99 Å². The topological polar surface area (TPSA) is 162 Å². The number of aliphatic imine (C=N–C) groups is 1. The maximum Gasteiger partial charge on any atom is 0.305 e. The second kappa shape index (κ2) is 12.0. The van der Waals surface area contributed by atoms with Gasteiger partial charge in [0.2, 0.25) is 12.1 Å². The quantitative estimate of drug-likeness (QED) is 0.197. The number of thiophene rings is 1. The van der Waals surface area contributed by atoms with E-state index in [4.69, 9.17) is 5.11 Å². The molecular formula is C27H22N4O7S. The predicted molar refractivity (Wildman–Crippen MR) is 142 cm³/mol. The number of carbonyl (C=O) groups excluding carboxylic acids is 5. The molecule has 3 amide bonds. The van der Waals surface area contributed by atoms with Gasteiger partial charge in [-0.25, -0.2) is 4.99 Å². The molecule has 4 rings (SSSR count). The van der Waals surface area contributed by atoms with E-state index in [-0.39, 0.29) is 4.88 Å². The third kappa shape index (κ3) is 6.30. The molecule has 39 heavy (non-hydrogen) atoms. The van der Waals surface area contributed by atoms with E-state index in [0.717, 1.165) is 16.2 Å². The van der Waals surface area contributed by atoms with Crippen LogP contribution in [0, 0.1) is 0 Å². The van der Waals surface area contributed by atoms with E-state index in [9.17, 15) is 28.8 Å². The first-order valence-corrected chi connectivity index (χ1v) is 12.6. The smallest absolute Gasteiger partial charge is 0.305 e. The van der Waals surface area contributed by atoms with Crippen LogP contribution in [0.25, 0.3) is 0 Å². The summed E-state index contributed by atoms with van der Waals surface area (Å²) in [6.07, 6.45) is -1.91. The van der Waals surface area contributed by atoms with Crippen LogP contribution in [-0.4, -0.2) is 65.3 Å². The number of hydrogen-bond donors (Lipinski definition) is 3. The first-order chi connectivity index (χ1) is 18.8. The number of benzodiazepines with no additional fused rings is 1.